The van der Waals surface area contributed by atoms with Crippen LogP contribution in [0.2, 0.25) is 0 Å². The van der Waals surface area contributed by atoms with Crippen molar-refractivity contribution in [2.24, 2.45) is 0 Å². The molecule has 1 N–H and O–H groups in total. The number of carboxylic acids is 1. The molecule has 5 heteroatoms. The highest BCUT2D eigenvalue weighted by Crippen LogP contribution is 2.35. The summed E-state index contributed by atoms with van der Waals surface area (Å²) in [4.78, 5) is 23.3. The Labute approximate surface area is 121 Å². The molecule has 1 aliphatic rings. The first-order valence-corrected chi connectivity index (χ1v) is 7.10. The van der Waals surface area contributed by atoms with Crippen molar-refractivity contribution in [3.05, 3.63) is 39.2 Å². The van der Waals surface area contributed by atoms with Crippen LogP contribution in [0.1, 0.15) is 41.4 Å². The van der Waals surface area contributed by atoms with E-state index in [1.165, 1.54) is 0 Å². The Kier molecular flexibility index (Phi) is 3.41. The third kappa shape index (κ3) is 2.28. The third-order valence-electron chi connectivity index (χ3n) is 3.69. The zero-order valence-electron chi connectivity index (χ0n) is 11.8. The van der Waals surface area contributed by atoms with E-state index in [2.05, 4.69) is 0 Å². The lowest BCUT2D eigenvalue weighted by atomic mass is 9.96. The highest BCUT2D eigenvalue weighted by molar-refractivity contribution is 5.89. The maximum absolute atomic E-state index is 12.2. The number of fused-ring (bicyclic) bond motifs is 2. The topological polar surface area (TPSA) is 76.7 Å². The summed E-state index contributed by atoms with van der Waals surface area (Å²) >= 11 is 0. The molecule has 1 aromatic carbocycles. The van der Waals surface area contributed by atoms with Gasteiger partial charge in [0.15, 0.2) is 5.43 Å². The number of hydrogen-bond acceptors (Lipinski definition) is 4. The van der Waals surface area contributed by atoms with Gasteiger partial charge in [-0.2, -0.15) is 0 Å². The standard InChI is InChI=1S/C16H16O5/c1-2-4-10-14-9(5-3-6-20-14)7-11-12(17)8-13(16(18)19)21-15(10)11/h7-8H,2-6H2,1H3,(H,18,19). The Bertz CT molecular complexity index is 772. The molecule has 0 amide bonds. The van der Waals surface area contributed by atoms with Crippen LogP contribution in [-0.4, -0.2) is 17.7 Å². The monoisotopic (exact) mass is 288 g/mol. The zero-order chi connectivity index (χ0) is 15.0. The molecule has 110 valence electrons. The van der Waals surface area contributed by atoms with Crippen molar-refractivity contribution in [1.82, 2.24) is 0 Å². The second kappa shape index (κ2) is 5.24. The summed E-state index contributed by atoms with van der Waals surface area (Å²) in [5, 5.41) is 9.50. The average molecular weight is 288 g/mol. The third-order valence-corrected chi connectivity index (χ3v) is 3.69. The van der Waals surface area contributed by atoms with E-state index >= 15 is 0 Å². The van der Waals surface area contributed by atoms with Gasteiger partial charge in [0, 0.05) is 11.6 Å². The highest BCUT2D eigenvalue weighted by Gasteiger charge is 2.22. The van der Waals surface area contributed by atoms with Crippen LogP contribution in [0.15, 0.2) is 21.3 Å². The van der Waals surface area contributed by atoms with Crippen molar-refractivity contribution in [3.63, 3.8) is 0 Å². The molecule has 3 rings (SSSR count). The number of aromatic carboxylic acids is 1. The molecular formula is C16H16O5. The Morgan fingerprint density at radius 3 is 2.90 bits per heavy atom. The first-order valence-electron chi connectivity index (χ1n) is 7.10. The van der Waals surface area contributed by atoms with Crippen LogP contribution < -0.4 is 10.2 Å². The van der Waals surface area contributed by atoms with E-state index in [0.29, 0.717) is 24.0 Å². The molecule has 21 heavy (non-hydrogen) atoms. The van der Waals surface area contributed by atoms with Gasteiger partial charge in [0.25, 0.3) is 0 Å². The molecule has 0 saturated heterocycles. The van der Waals surface area contributed by atoms with Crippen molar-refractivity contribution in [2.75, 3.05) is 6.61 Å². The normalized spacial score (nSPS) is 13.8. The number of carboxylic acid groups (broad SMARTS) is 1. The summed E-state index contributed by atoms with van der Waals surface area (Å²) in [6.07, 6.45) is 3.33. The number of rotatable bonds is 3. The van der Waals surface area contributed by atoms with Gasteiger partial charge in [-0.1, -0.05) is 13.3 Å². The summed E-state index contributed by atoms with van der Waals surface area (Å²) in [5.41, 5.74) is 1.85. The molecule has 0 fully saturated rings. The van der Waals surface area contributed by atoms with Crippen molar-refractivity contribution in [1.29, 1.82) is 0 Å². The van der Waals surface area contributed by atoms with Gasteiger partial charge in [-0.05, 0) is 30.9 Å². The van der Waals surface area contributed by atoms with Gasteiger partial charge >= 0.3 is 5.97 Å². The first kappa shape index (κ1) is 13.7. The van der Waals surface area contributed by atoms with Crippen LogP contribution >= 0.6 is 0 Å². The SMILES string of the molecule is CCCc1c2c(cc3c(=O)cc(C(=O)O)oc13)CCCO2. The second-order valence-corrected chi connectivity index (χ2v) is 5.20. The summed E-state index contributed by atoms with van der Waals surface area (Å²) in [6.45, 7) is 2.66. The van der Waals surface area contributed by atoms with Gasteiger partial charge in [-0.25, -0.2) is 4.79 Å². The second-order valence-electron chi connectivity index (χ2n) is 5.20. The summed E-state index contributed by atoms with van der Waals surface area (Å²) < 4.78 is 11.2. The van der Waals surface area contributed by atoms with E-state index in [1.807, 2.05) is 6.92 Å². The smallest absolute Gasteiger partial charge is 0.371 e. The van der Waals surface area contributed by atoms with Crippen LogP contribution in [0.3, 0.4) is 0 Å². The van der Waals surface area contributed by atoms with Crippen molar-refractivity contribution in [2.45, 2.75) is 32.6 Å². The molecule has 0 bridgehead atoms. The maximum atomic E-state index is 12.2. The van der Waals surface area contributed by atoms with Gasteiger partial charge in [0.1, 0.15) is 11.3 Å². The van der Waals surface area contributed by atoms with Gasteiger partial charge in [-0.15, -0.1) is 0 Å². The molecule has 2 heterocycles. The maximum Gasteiger partial charge on any atom is 0.371 e. The fourth-order valence-corrected chi connectivity index (χ4v) is 2.79. The number of hydrogen-bond donors (Lipinski definition) is 1. The van der Waals surface area contributed by atoms with Gasteiger partial charge < -0.3 is 14.3 Å². The Hall–Kier alpha value is -2.30. The molecule has 0 spiro atoms. The molecule has 5 nitrogen and oxygen atoms in total. The van der Waals surface area contributed by atoms with E-state index in [9.17, 15) is 9.59 Å². The van der Waals surface area contributed by atoms with Gasteiger partial charge in [0.05, 0.1) is 12.0 Å². The van der Waals surface area contributed by atoms with E-state index in [-0.39, 0.29) is 11.2 Å². The van der Waals surface area contributed by atoms with E-state index in [0.717, 1.165) is 42.2 Å². The van der Waals surface area contributed by atoms with Crippen LogP contribution in [0.5, 0.6) is 5.75 Å². The Morgan fingerprint density at radius 2 is 2.19 bits per heavy atom. The first-order chi connectivity index (χ1) is 10.1. The lowest BCUT2D eigenvalue weighted by molar-refractivity contribution is 0.0663. The molecule has 1 aliphatic heterocycles. The molecular weight excluding hydrogens is 272 g/mol. The molecule has 2 aromatic rings. The summed E-state index contributed by atoms with van der Waals surface area (Å²) in [7, 11) is 0. The zero-order valence-corrected chi connectivity index (χ0v) is 11.8. The minimum atomic E-state index is -1.24. The van der Waals surface area contributed by atoms with E-state index in [4.69, 9.17) is 14.3 Å². The minimum absolute atomic E-state index is 0.320. The molecule has 0 atom stereocenters. The van der Waals surface area contributed by atoms with Crippen LogP contribution in [-0.2, 0) is 12.8 Å². The van der Waals surface area contributed by atoms with Crippen LogP contribution in [0, 0.1) is 0 Å². The molecule has 0 saturated carbocycles. The number of carbonyl (C=O) groups is 1. The predicted molar refractivity (Wildman–Crippen MR) is 77.3 cm³/mol. The van der Waals surface area contributed by atoms with Crippen molar-refractivity contribution < 1.29 is 19.1 Å². The number of aryl methyl sites for hydroxylation is 2. The summed E-state index contributed by atoms with van der Waals surface area (Å²) in [6, 6.07) is 2.82. The Balaban J connectivity index is 2.38. The fourth-order valence-electron chi connectivity index (χ4n) is 2.79. The number of ether oxygens (including phenoxy) is 1. The van der Waals surface area contributed by atoms with E-state index < -0.39 is 5.97 Å². The van der Waals surface area contributed by atoms with Crippen molar-refractivity contribution >= 4 is 16.9 Å². The molecule has 0 aliphatic carbocycles. The molecule has 1 aromatic heterocycles. The van der Waals surface area contributed by atoms with Crippen molar-refractivity contribution in [3.8, 4) is 5.75 Å². The molecule has 0 unspecified atom stereocenters. The van der Waals surface area contributed by atoms with E-state index in [1.54, 1.807) is 6.07 Å². The van der Waals surface area contributed by atoms with Crippen LogP contribution in [0.4, 0.5) is 0 Å². The molecule has 0 radical (unpaired) electrons. The highest BCUT2D eigenvalue weighted by atomic mass is 16.5. The van der Waals surface area contributed by atoms with Gasteiger partial charge in [0.2, 0.25) is 5.76 Å². The fraction of sp³-hybridized carbons (Fsp3) is 0.375. The van der Waals surface area contributed by atoms with Crippen LogP contribution in [0.25, 0.3) is 11.0 Å². The largest absolute Gasteiger partial charge is 0.493 e. The minimum Gasteiger partial charge on any atom is -0.493 e. The lowest BCUT2D eigenvalue weighted by Crippen LogP contribution is -2.14. The Morgan fingerprint density at radius 1 is 1.38 bits per heavy atom. The lowest BCUT2D eigenvalue weighted by Gasteiger charge is -2.21. The number of benzene rings is 1. The predicted octanol–water partition coefficient (Wildman–Crippen LogP) is 2.77. The quantitative estimate of drug-likeness (QED) is 0.939. The van der Waals surface area contributed by atoms with Gasteiger partial charge in [-0.3, -0.25) is 4.79 Å². The average Bonchev–Trinajstić information content (AvgIpc) is 2.47. The summed E-state index contributed by atoms with van der Waals surface area (Å²) in [5.74, 6) is -0.808.